The van der Waals surface area contributed by atoms with Crippen LogP contribution >= 0.6 is 0 Å². The second kappa shape index (κ2) is 12.6. The first-order chi connectivity index (χ1) is 22.5. The summed E-state index contributed by atoms with van der Waals surface area (Å²) in [6, 6.07) is 24.3. The Bertz CT molecular complexity index is 1830. The maximum Gasteiger partial charge on any atom is 0.259 e. The molecule has 0 spiro atoms. The Morgan fingerprint density at radius 2 is 1.45 bits per heavy atom. The number of Topliss-reactive ketones (excluding diaryl/α,β-unsaturated/α-hetero) is 1. The third kappa shape index (κ3) is 5.96. The van der Waals surface area contributed by atoms with E-state index in [0.29, 0.717) is 46.2 Å². The van der Waals surface area contributed by atoms with Crippen molar-refractivity contribution in [3.63, 3.8) is 0 Å². The van der Waals surface area contributed by atoms with E-state index < -0.39 is 17.8 Å². The number of carbonyl (C=O) groups excluding carboxylic acids is 2. The molecule has 0 aromatic heterocycles. The zero-order valence-corrected chi connectivity index (χ0v) is 27.5. The molecule has 1 N–H and O–H groups in total. The van der Waals surface area contributed by atoms with E-state index in [1.165, 1.54) is 39.0 Å². The fourth-order valence-electron chi connectivity index (χ4n) is 6.61. The summed E-state index contributed by atoms with van der Waals surface area (Å²) in [5.74, 6) is 0.0660. The normalized spacial score (nSPS) is 17.7. The van der Waals surface area contributed by atoms with Gasteiger partial charge in [-0.05, 0) is 70.8 Å². The molecular formula is C39H39FN2O5. The number of benzene rings is 4. The molecule has 0 radical (unpaired) electrons. The van der Waals surface area contributed by atoms with Gasteiger partial charge in [-0.25, -0.2) is 4.39 Å². The molecule has 0 bridgehead atoms. The number of ether oxygens (including phenoxy) is 3. The Labute approximate surface area is 275 Å². The van der Waals surface area contributed by atoms with Gasteiger partial charge in [-0.1, -0.05) is 69.3 Å². The van der Waals surface area contributed by atoms with Crippen molar-refractivity contribution in [1.82, 2.24) is 0 Å². The summed E-state index contributed by atoms with van der Waals surface area (Å²) >= 11 is 0. The van der Waals surface area contributed by atoms with Crippen LogP contribution in [-0.2, 0) is 10.2 Å². The van der Waals surface area contributed by atoms with E-state index in [1.807, 2.05) is 24.3 Å². The molecule has 1 aliphatic heterocycles. The van der Waals surface area contributed by atoms with Gasteiger partial charge in [-0.2, -0.15) is 0 Å². The number of amides is 1. The van der Waals surface area contributed by atoms with Crippen molar-refractivity contribution in [2.24, 2.45) is 0 Å². The molecule has 7 nitrogen and oxygen atoms in total. The van der Waals surface area contributed by atoms with Crippen LogP contribution in [0.3, 0.4) is 0 Å². The summed E-state index contributed by atoms with van der Waals surface area (Å²) in [6.45, 7) is 6.53. The van der Waals surface area contributed by atoms with Crippen LogP contribution in [0, 0.1) is 5.82 Å². The van der Waals surface area contributed by atoms with E-state index in [9.17, 15) is 14.0 Å². The number of hydrogen-bond acceptors (Lipinski definition) is 6. The summed E-state index contributed by atoms with van der Waals surface area (Å²) < 4.78 is 30.9. The largest absolute Gasteiger partial charge is 0.493 e. The lowest BCUT2D eigenvalue weighted by atomic mass is 9.77. The number of methoxy groups -OCH3 is 3. The average molecular weight is 635 g/mol. The van der Waals surface area contributed by atoms with Gasteiger partial charge in [0.15, 0.2) is 17.3 Å². The van der Waals surface area contributed by atoms with Crippen LogP contribution in [0.1, 0.15) is 72.6 Å². The molecule has 1 aliphatic carbocycles. The number of nitrogens with one attached hydrogen (secondary N) is 1. The number of halogens is 1. The highest BCUT2D eigenvalue weighted by molar-refractivity contribution is 6.12. The number of anilines is 2. The molecule has 1 heterocycles. The van der Waals surface area contributed by atoms with Crippen molar-refractivity contribution in [3.8, 4) is 17.2 Å². The van der Waals surface area contributed by atoms with Crippen molar-refractivity contribution in [3.05, 3.63) is 124 Å². The first kappa shape index (κ1) is 31.9. The van der Waals surface area contributed by atoms with Gasteiger partial charge in [-0.15, -0.1) is 0 Å². The van der Waals surface area contributed by atoms with Crippen LogP contribution in [0.25, 0.3) is 0 Å². The summed E-state index contributed by atoms with van der Waals surface area (Å²) in [6.07, 6.45) is 0.837. The molecule has 2 unspecified atom stereocenters. The Hall–Kier alpha value is -5.11. The summed E-state index contributed by atoms with van der Waals surface area (Å²) in [7, 11) is 4.48. The molecule has 4 aromatic rings. The Morgan fingerprint density at radius 1 is 0.830 bits per heavy atom. The molecule has 6 rings (SSSR count). The summed E-state index contributed by atoms with van der Waals surface area (Å²) in [4.78, 5) is 30.9. The number of allylic oxidation sites excluding steroid dienone is 1. The van der Waals surface area contributed by atoms with Gasteiger partial charge in [0.2, 0.25) is 5.75 Å². The van der Waals surface area contributed by atoms with Gasteiger partial charge < -0.3 is 19.5 Å². The fraction of sp³-hybridized carbons (Fsp3) is 0.282. The third-order valence-electron chi connectivity index (χ3n) is 9.05. The molecule has 2 atom stereocenters. The summed E-state index contributed by atoms with van der Waals surface area (Å²) in [5.41, 5.74) is 5.69. The van der Waals surface area contributed by atoms with Gasteiger partial charge in [0.25, 0.3) is 5.91 Å². The van der Waals surface area contributed by atoms with Gasteiger partial charge in [0, 0.05) is 23.3 Å². The maximum absolute atomic E-state index is 14.8. The van der Waals surface area contributed by atoms with Gasteiger partial charge in [0.05, 0.1) is 38.7 Å². The van der Waals surface area contributed by atoms with Crippen LogP contribution in [0.5, 0.6) is 17.2 Å². The second-order valence-corrected chi connectivity index (χ2v) is 13.0. The van der Waals surface area contributed by atoms with Crippen LogP contribution < -0.4 is 24.4 Å². The standard InChI is InChI=1S/C39H39FN2O5/c1-39(2,3)27-15-11-23(12-16-27)25-19-30-35(32(43)20-25)36(24-13-17-28(40)18-14-24)42(31-10-8-7-9-29(31)41-30)38(44)26-21-33(45-4)37(47-6)34(22-26)46-5/h7-18,21-22,25,36,41H,19-20H2,1-6H3. The van der Waals surface area contributed by atoms with E-state index >= 15 is 0 Å². The molecule has 0 fully saturated rings. The van der Waals surface area contributed by atoms with Crippen molar-refractivity contribution in [2.45, 2.75) is 51.0 Å². The zero-order chi connectivity index (χ0) is 33.5. The Balaban J connectivity index is 1.52. The molecule has 1 amide bonds. The molecule has 0 saturated heterocycles. The smallest absolute Gasteiger partial charge is 0.259 e. The molecular weight excluding hydrogens is 595 g/mol. The van der Waals surface area contributed by atoms with E-state index in [0.717, 1.165) is 11.3 Å². The van der Waals surface area contributed by atoms with Crippen molar-refractivity contribution in [2.75, 3.05) is 31.5 Å². The van der Waals surface area contributed by atoms with E-state index in [1.54, 1.807) is 29.2 Å². The lowest BCUT2D eigenvalue weighted by Gasteiger charge is -2.35. The summed E-state index contributed by atoms with van der Waals surface area (Å²) in [5, 5.41) is 3.56. The van der Waals surface area contributed by atoms with Gasteiger partial charge in [-0.3, -0.25) is 14.5 Å². The van der Waals surface area contributed by atoms with Crippen LogP contribution in [0.4, 0.5) is 15.8 Å². The zero-order valence-electron chi connectivity index (χ0n) is 27.5. The predicted molar refractivity (Wildman–Crippen MR) is 181 cm³/mol. The van der Waals surface area contributed by atoms with E-state index in [2.05, 4.69) is 50.4 Å². The number of para-hydroxylation sites is 2. The fourth-order valence-corrected chi connectivity index (χ4v) is 6.61. The Morgan fingerprint density at radius 3 is 2.04 bits per heavy atom. The quantitative estimate of drug-likeness (QED) is 0.230. The number of nitrogens with zero attached hydrogens (tertiary/aromatic N) is 1. The minimum Gasteiger partial charge on any atom is -0.493 e. The molecule has 8 heteroatoms. The van der Waals surface area contributed by atoms with Crippen LogP contribution in [-0.4, -0.2) is 33.0 Å². The first-order valence-electron chi connectivity index (χ1n) is 15.7. The molecule has 4 aromatic carbocycles. The highest BCUT2D eigenvalue weighted by atomic mass is 19.1. The number of ketones is 1. The SMILES string of the molecule is COc1cc(C(=O)N2c3ccccc3NC3=C(C(=O)CC(c4ccc(C(C)(C)C)cc4)C3)C2c2ccc(F)cc2)cc(OC)c1OC. The average Bonchev–Trinajstić information content (AvgIpc) is 3.22. The van der Waals surface area contributed by atoms with Crippen molar-refractivity contribution in [1.29, 1.82) is 0 Å². The predicted octanol–water partition coefficient (Wildman–Crippen LogP) is 8.36. The lowest BCUT2D eigenvalue weighted by molar-refractivity contribution is -0.116. The van der Waals surface area contributed by atoms with Crippen LogP contribution in [0.2, 0.25) is 0 Å². The highest BCUT2D eigenvalue weighted by Crippen LogP contribution is 2.49. The third-order valence-corrected chi connectivity index (χ3v) is 9.05. The molecule has 242 valence electrons. The second-order valence-electron chi connectivity index (χ2n) is 13.0. The molecule has 47 heavy (non-hydrogen) atoms. The first-order valence-corrected chi connectivity index (χ1v) is 15.7. The van der Waals surface area contributed by atoms with E-state index in [-0.39, 0.29) is 29.1 Å². The number of carbonyl (C=O) groups is 2. The number of rotatable bonds is 6. The van der Waals surface area contributed by atoms with Crippen molar-refractivity contribution < 1.29 is 28.2 Å². The highest BCUT2D eigenvalue weighted by Gasteiger charge is 2.42. The Kier molecular flexibility index (Phi) is 8.53. The lowest BCUT2D eigenvalue weighted by Crippen LogP contribution is -2.38. The number of hydrogen-bond donors (Lipinski definition) is 1. The topological polar surface area (TPSA) is 77.1 Å². The van der Waals surface area contributed by atoms with Gasteiger partial charge >= 0.3 is 0 Å². The molecule has 0 saturated carbocycles. The minimum absolute atomic E-state index is 0.0134. The van der Waals surface area contributed by atoms with Crippen molar-refractivity contribution >= 4 is 23.1 Å². The maximum atomic E-state index is 14.8. The van der Waals surface area contributed by atoms with Crippen LogP contribution in [0.15, 0.2) is 96.2 Å². The minimum atomic E-state index is -0.843. The molecule has 2 aliphatic rings. The monoisotopic (exact) mass is 634 g/mol. The van der Waals surface area contributed by atoms with Gasteiger partial charge in [0.1, 0.15) is 5.82 Å². The number of fused-ring (bicyclic) bond motifs is 1. The van der Waals surface area contributed by atoms with E-state index in [4.69, 9.17) is 14.2 Å².